The molecule has 1 fully saturated rings. The molecule has 1 saturated carbocycles. The third-order valence-electron chi connectivity index (χ3n) is 4.25. The van der Waals surface area contributed by atoms with Crippen LogP contribution < -0.4 is 5.73 Å². The summed E-state index contributed by atoms with van der Waals surface area (Å²) in [5.74, 6) is 0.875. The molecule has 23 heavy (non-hydrogen) atoms. The summed E-state index contributed by atoms with van der Waals surface area (Å²) in [6.07, 6.45) is 3.84. The highest BCUT2D eigenvalue weighted by molar-refractivity contribution is 7.89. The largest absolute Gasteiger partial charge is 0.334 e. The van der Waals surface area contributed by atoms with Crippen LogP contribution in [0.15, 0.2) is 33.7 Å². The van der Waals surface area contributed by atoms with Crippen molar-refractivity contribution in [1.82, 2.24) is 14.4 Å². The van der Waals surface area contributed by atoms with Gasteiger partial charge < -0.3 is 10.3 Å². The van der Waals surface area contributed by atoms with Gasteiger partial charge in [0.25, 0.3) is 5.89 Å². The van der Waals surface area contributed by atoms with E-state index in [1.165, 1.54) is 30.5 Å². The van der Waals surface area contributed by atoms with E-state index >= 15 is 0 Å². The van der Waals surface area contributed by atoms with Gasteiger partial charge in [-0.1, -0.05) is 18.0 Å². The molecule has 8 heteroatoms. The molecule has 1 aliphatic rings. The lowest BCUT2D eigenvalue weighted by atomic mass is 9.99. The van der Waals surface area contributed by atoms with E-state index < -0.39 is 15.6 Å². The normalized spacial score (nSPS) is 17.7. The van der Waals surface area contributed by atoms with Gasteiger partial charge >= 0.3 is 0 Å². The summed E-state index contributed by atoms with van der Waals surface area (Å²) in [7, 11) is -0.455. The molecule has 1 aromatic carbocycles. The minimum absolute atomic E-state index is 0.220. The lowest BCUT2D eigenvalue weighted by molar-refractivity contribution is 0.372. The zero-order chi connectivity index (χ0) is 16.7. The minimum atomic E-state index is -3.45. The molecule has 1 aliphatic carbocycles. The van der Waals surface area contributed by atoms with Gasteiger partial charge in [0.2, 0.25) is 10.0 Å². The molecule has 0 aliphatic heterocycles. The van der Waals surface area contributed by atoms with Gasteiger partial charge in [-0.2, -0.15) is 4.98 Å². The fraction of sp³-hybridized carbons (Fsp3) is 0.467. The highest BCUT2D eigenvalue weighted by Crippen LogP contribution is 2.35. The Morgan fingerprint density at radius 3 is 2.35 bits per heavy atom. The quantitative estimate of drug-likeness (QED) is 0.912. The zero-order valence-corrected chi connectivity index (χ0v) is 14.0. The van der Waals surface area contributed by atoms with Gasteiger partial charge in [-0.3, -0.25) is 0 Å². The van der Waals surface area contributed by atoms with Crippen molar-refractivity contribution in [3.05, 3.63) is 30.1 Å². The second kappa shape index (κ2) is 5.70. The molecule has 1 heterocycles. The predicted molar refractivity (Wildman–Crippen MR) is 84.9 cm³/mol. The van der Waals surface area contributed by atoms with E-state index in [4.69, 9.17) is 10.3 Å². The van der Waals surface area contributed by atoms with Gasteiger partial charge in [0.05, 0.1) is 10.4 Å². The predicted octanol–water partition coefficient (Wildman–Crippen LogP) is 1.71. The molecule has 0 saturated heterocycles. The van der Waals surface area contributed by atoms with Gasteiger partial charge in [0.15, 0.2) is 5.82 Å². The van der Waals surface area contributed by atoms with Crippen molar-refractivity contribution >= 4 is 10.0 Å². The van der Waals surface area contributed by atoms with Crippen LogP contribution in [0.1, 0.15) is 31.5 Å². The Morgan fingerprint density at radius 1 is 1.17 bits per heavy atom. The molecule has 0 atom stereocenters. The van der Waals surface area contributed by atoms with Crippen LogP contribution in [0.5, 0.6) is 0 Å². The van der Waals surface area contributed by atoms with Gasteiger partial charge in [-0.05, 0) is 37.1 Å². The van der Waals surface area contributed by atoms with Crippen molar-refractivity contribution in [2.45, 2.75) is 36.1 Å². The molecule has 124 valence electrons. The van der Waals surface area contributed by atoms with Crippen LogP contribution in [-0.4, -0.2) is 37.0 Å². The second-order valence-corrected chi connectivity index (χ2v) is 8.25. The maximum atomic E-state index is 12.1. The van der Waals surface area contributed by atoms with Crippen LogP contribution in [0, 0.1) is 0 Å². The fourth-order valence-electron chi connectivity index (χ4n) is 2.75. The van der Waals surface area contributed by atoms with Crippen LogP contribution in [0.4, 0.5) is 0 Å². The Hall–Kier alpha value is -1.77. The molecule has 7 nitrogen and oxygen atoms in total. The first-order chi connectivity index (χ1) is 10.8. The lowest BCUT2D eigenvalue weighted by Crippen LogP contribution is -2.34. The van der Waals surface area contributed by atoms with Crippen LogP contribution >= 0.6 is 0 Å². The van der Waals surface area contributed by atoms with E-state index in [1.54, 1.807) is 12.1 Å². The average molecular weight is 336 g/mol. The molecule has 1 aromatic heterocycles. The Labute approximate surface area is 135 Å². The van der Waals surface area contributed by atoms with E-state index in [1.807, 2.05) is 0 Å². The molecule has 0 amide bonds. The maximum Gasteiger partial charge on any atom is 0.257 e. The van der Waals surface area contributed by atoms with E-state index in [2.05, 4.69) is 10.1 Å². The highest BCUT2D eigenvalue weighted by Gasteiger charge is 2.36. The summed E-state index contributed by atoms with van der Waals surface area (Å²) < 4.78 is 30.6. The standard InChI is InChI=1S/C15H20N4O3S/c1-19(2)23(20,21)12-7-5-11(6-8-12)13-17-14(18-22-13)15(16)9-3-4-10-15/h5-8H,3-4,9-10,16H2,1-2H3. The summed E-state index contributed by atoms with van der Waals surface area (Å²) in [4.78, 5) is 4.62. The molecule has 0 spiro atoms. The Bertz CT molecular complexity index is 790. The number of aromatic nitrogens is 2. The van der Waals surface area contributed by atoms with Crippen molar-refractivity contribution in [2.75, 3.05) is 14.1 Å². The molecule has 0 radical (unpaired) electrons. The zero-order valence-electron chi connectivity index (χ0n) is 13.2. The third kappa shape index (κ3) is 2.89. The lowest BCUT2D eigenvalue weighted by Gasteiger charge is -2.17. The van der Waals surface area contributed by atoms with Gasteiger partial charge in [0.1, 0.15) is 0 Å². The summed E-state index contributed by atoms with van der Waals surface area (Å²) >= 11 is 0. The third-order valence-corrected chi connectivity index (χ3v) is 6.08. The number of hydrogen-bond acceptors (Lipinski definition) is 6. The van der Waals surface area contributed by atoms with Crippen LogP contribution in [0.2, 0.25) is 0 Å². The SMILES string of the molecule is CN(C)S(=O)(=O)c1ccc(-c2nc(C3(N)CCCC3)no2)cc1. The van der Waals surface area contributed by atoms with Crippen molar-refractivity contribution in [1.29, 1.82) is 0 Å². The first kappa shape index (κ1) is 16.1. The number of benzene rings is 1. The van der Waals surface area contributed by atoms with E-state index in [9.17, 15) is 8.42 Å². The van der Waals surface area contributed by atoms with Crippen molar-refractivity contribution in [3.8, 4) is 11.5 Å². The van der Waals surface area contributed by atoms with Crippen molar-refractivity contribution in [2.24, 2.45) is 5.73 Å². The van der Waals surface area contributed by atoms with E-state index in [0.717, 1.165) is 25.7 Å². The van der Waals surface area contributed by atoms with E-state index in [0.29, 0.717) is 17.3 Å². The molecular formula is C15H20N4O3S. The average Bonchev–Trinajstić information content (AvgIpc) is 3.17. The molecule has 0 unspecified atom stereocenters. The molecule has 2 aromatic rings. The fourth-order valence-corrected chi connectivity index (χ4v) is 3.65. The van der Waals surface area contributed by atoms with Crippen molar-refractivity contribution < 1.29 is 12.9 Å². The summed E-state index contributed by atoms with van der Waals surface area (Å²) in [6.45, 7) is 0. The van der Waals surface area contributed by atoms with Gasteiger partial charge in [-0.25, -0.2) is 12.7 Å². The molecule has 3 rings (SSSR count). The monoisotopic (exact) mass is 336 g/mol. The summed E-state index contributed by atoms with van der Waals surface area (Å²) in [5, 5.41) is 4.01. The second-order valence-electron chi connectivity index (χ2n) is 6.10. The molecule has 0 bridgehead atoms. The highest BCUT2D eigenvalue weighted by atomic mass is 32.2. The van der Waals surface area contributed by atoms with Crippen LogP contribution in [0.25, 0.3) is 11.5 Å². The maximum absolute atomic E-state index is 12.1. The minimum Gasteiger partial charge on any atom is -0.334 e. The Morgan fingerprint density at radius 2 is 1.78 bits per heavy atom. The number of rotatable bonds is 4. The number of hydrogen-bond donors (Lipinski definition) is 1. The van der Waals surface area contributed by atoms with Gasteiger partial charge in [-0.15, -0.1) is 0 Å². The first-order valence-electron chi connectivity index (χ1n) is 7.49. The molecular weight excluding hydrogens is 316 g/mol. The Kier molecular flexibility index (Phi) is 3.99. The van der Waals surface area contributed by atoms with Gasteiger partial charge in [0, 0.05) is 19.7 Å². The van der Waals surface area contributed by atoms with Crippen molar-refractivity contribution in [3.63, 3.8) is 0 Å². The number of sulfonamides is 1. The van der Waals surface area contributed by atoms with E-state index in [-0.39, 0.29) is 4.90 Å². The molecule has 2 N–H and O–H groups in total. The van der Waals surface area contributed by atoms with Crippen LogP contribution in [-0.2, 0) is 15.6 Å². The number of nitrogens with two attached hydrogens (primary N) is 1. The topological polar surface area (TPSA) is 102 Å². The van der Waals surface area contributed by atoms with Crippen LogP contribution in [0.3, 0.4) is 0 Å². The summed E-state index contributed by atoms with van der Waals surface area (Å²) in [5.41, 5.74) is 6.48. The summed E-state index contributed by atoms with van der Waals surface area (Å²) in [6, 6.07) is 6.38. The first-order valence-corrected chi connectivity index (χ1v) is 8.93. The Balaban J connectivity index is 1.88. The number of nitrogens with zero attached hydrogens (tertiary/aromatic N) is 3. The smallest absolute Gasteiger partial charge is 0.257 e.